The largest absolute Gasteiger partial charge is 0.443 e. The maximum atomic E-state index is 13.8. The average molecular weight is 1170 g/mol. The molecule has 0 radical (unpaired) electrons. The lowest BCUT2D eigenvalue weighted by atomic mass is 10.0. The quantitative estimate of drug-likeness (QED) is 0.0387. The Morgan fingerprint density at radius 2 is 1.02 bits per heavy atom. The lowest BCUT2D eigenvalue weighted by Crippen LogP contribution is -2.51. The number of nitrogens with one attached hydrogen (secondary N) is 3. The van der Waals surface area contributed by atoms with Crippen LogP contribution in [0.1, 0.15) is 75.3 Å². The number of carbonyl (C=O) groups excluding carboxylic acids is 2. The Kier molecular flexibility index (Phi) is 20.9. The number of sulfonamides is 2. The monoisotopic (exact) mass is 1160 g/mol. The Balaban J connectivity index is 0.000000196. The van der Waals surface area contributed by atoms with E-state index < -0.39 is 75.3 Å². The fraction of sp³-hybridized carbons (Fsp3) is 0.544. The number of nitrogens with two attached hydrogens (primary N) is 1. The Bertz CT molecular complexity index is 2890. The third-order valence-electron chi connectivity index (χ3n) is 15.5. The number of nitrogen functional groups attached to an aromatic ring is 1. The second-order valence-corrected chi connectivity index (χ2v) is 25.0. The van der Waals surface area contributed by atoms with E-state index in [2.05, 4.69) is 16.0 Å². The predicted octanol–water partition coefficient (Wildman–Crippen LogP) is 5.65. The summed E-state index contributed by atoms with van der Waals surface area (Å²) >= 11 is 0. The molecule has 4 saturated heterocycles. The number of hydrogen-bond acceptors (Lipinski definition) is 18. The van der Waals surface area contributed by atoms with Gasteiger partial charge in [0.15, 0.2) is 12.6 Å². The van der Waals surface area contributed by atoms with Gasteiger partial charge in [-0.3, -0.25) is 9.68 Å². The molecule has 2 amide bonds. The molecular weight excluding hydrogens is 1090 g/mol. The van der Waals surface area contributed by atoms with Crippen LogP contribution in [-0.2, 0) is 71.0 Å². The number of aliphatic hydroxyl groups is 2. The van der Waals surface area contributed by atoms with Gasteiger partial charge < -0.3 is 60.3 Å². The first-order valence-electron chi connectivity index (χ1n) is 28.0. The highest BCUT2D eigenvalue weighted by Crippen LogP contribution is 2.35. The first kappa shape index (κ1) is 60.1. The second-order valence-electron chi connectivity index (χ2n) is 21.3. The van der Waals surface area contributed by atoms with Crippen LogP contribution in [0.25, 0.3) is 0 Å². The molecule has 22 nitrogen and oxygen atoms in total. The maximum Gasteiger partial charge on any atom is 0.407 e. The number of amides is 2. The van der Waals surface area contributed by atoms with Gasteiger partial charge >= 0.3 is 12.2 Å². The molecule has 4 aromatic carbocycles. The number of carbonyl (C=O) groups is 2. The zero-order valence-corrected chi connectivity index (χ0v) is 47.1. The molecule has 2 aliphatic carbocycles. The number of anilines is 2. The number of ether oxygens (including phenoxy) is 6. The minimum atomic E-state index is -4.17. The average Bonchev–Trinajstić information content (AvgIpc) is 4.49. The Morgan fingerprint density at radius 3 is 1.46 bits per heavy atom. The van der Waals surface area contributed by atoms with Gasteiger partial charge in [-0.25, -0.2) is 26.4 Å². The normalized spacial score (nSPS) is 24.4. The highest BCUT2D eigenvalue weighted by Gasteiger charge is 2.46. The predicted molar refractivity (Wildman–Crippen MR) is 296 cm³/mol. The van der Waals surface area contributed by atoms with Gasteiger partial charge in [-0.15, -0.1) is 0 Å². The van der Waals surface area contributed by atoms with Gasteiger partial charge in [0.25, 0.3) is 20.0 Å². The Morgan fingerprint density at radius 1 is 0.593 bits per heavy atom. The first-order chi connectivity index (χ1) is 39.1. The van der Waals surface area contributed by atoms with E-state index in [1.165, 1.54) is 24.3 Å². The van der Waals surface area contributed by atoms with Gasteiger partial charge in [-0.2, -0.15) is 0 Å². The summed E-state index contributed by atoms with van der Waals surface area (Å²) < 4.78 is 90.1. The van der Waals surface area contributed by atoms with E-state index in [9.17, 15) is 36.6 Å². The molecule has 2 saturated carbocycles. The van der Waals surface area contributed by atoms with Crippen molar-refractivity contribution in [1.29, 1.82) is 0 Å². The maximum absolute atomic E-state index is 13.8. The van der Waals surface area contributed by atoms with E-state index in [0.717, 1.165) is 71.4 Å². The zero-order chi connectivity index (χ0) is 56.9. The van der Waals surface area contributed by atoms with Crippen LogP contribution in [0.5, 0.6) is 0 Å². The zero-order valence-electron chi connectivity index (χ0n) is 45.4. The van der Waals surface area contributed by atoms with Crippen LogP contribution in [0.4, 0.5) is 21.0 Å². The molecule has 4 heterocycles. The second kappa shape index (κ2) is 28.2. The van der Waals surface area contributed by atoms with E-state index in [1.54, 1.807) is 31.3 Å². The molecule has 6 aliphatic rings. The van der Waals surface area contributed by atoms with Crippen LogP contribution in [0, 0.1) is 11.8 Å². The Hall–Kier alpha value is -5.48. The van der Waals surface area contributed by atoms with Crippen molar-refractivity contribution in [2.75, 3.05) is 57.6 Å². The fourth-order valence-corrected chi connectivity index (χ4v) is 13.7. The van der Waals surface area contributed by atoms with Gasteiger partial charge in [0.2, 0.25) is 0 Å². The minimum Gasteiger partial charge on any atom is -0.443 e. The number of benzene rings is 4. The van der Waals surface area contributed by atoms with Crippen LogP contribution in [0.2, 0.25) is 0 Å². The lowest BCUT2D eigenvalue weighted by Gasteiger charge is -2.31. The number of aliphatic hydroxyl groups excluding tert-OH is 2. The molecular formula is C57H76N6O16S2. The van der Waals surface area contributed by atoms with Crippen LogP contribution in [-0.4, -0.2) is 156 Å². The third kappa shape index (κ3) is 16.0. The molecule has 10 rings (SSSR count). The van der Waals surface area contributed by atoms with E-state index >= 15 is 0 Å². The molecule has 442 valence electrons. The summed E-state index contributed by atoms with van der Waals surface area (Å²) in [6.07, 6.45) is 2.28. The summed E-state index contributed by atoms with van der Waals surface area (Å²) in [6.45, 7) is 0.777. The van der Waals surface area contributed by atoms with Crippen LogP contribution in [0.3, 0.4) is 0 Å². The van der Waals surface area contributed by atoms with E-state index in [-0.39, 0.29) is 79.0 Å². The summed E-state index contributed by atoms with van der Waals surface area (Å²) in [5.41, 5.74) is 8.49. The fourth-order valence-electron chi connectivity index (χ4n) is 11.0. The van der Waals surface area contributed by atoms with Crippen molar-refractivity contribution in [1.82, 2.24) is 19.6 Å². The lowest BCUT2D eigenvalue weighted by molar-refractivity contribution is -0.145. The summed E-state index contributed by atoms with van der Waals surface area (Å²) in [5, 5.41) is 31.4. The van der Waals surface area contributed by atoms with Crippen molar-refractivity contribution in [2.24, 2.45) is 11.8 Å². The molecule has 0 aromatic heterocycles. The van der Waals surface area contributed by atoms with E-state index in [1.807, 2.05) is 60.7 Å². The number of alkyl carbamates (subject to hydrolysis) is 2. The van der Waals surface area contributed by atoms with Gasteiger partial charge in [0, 0.05) is 18.4 Å². The molecule has 10 atom stereocenters. The molecule has 24 heteroatoms. The third-order valence-corrected chi connectivity index (χ3v) is 18.8. The van der Waals surface area contributed by atoms with Gasteiger partial charge in [0.1, 0.15) is 12.2 Å². The molecule has 7 N–H and O–H groups in total. The SMILES string of the molecule is CNc1cccc(S(=O)(=O)N(C[C@@H](O)[C@H](Cc2ccccc2)NC(=O)O[C@H]2CO[C@H]3OCC[C@H]32)OC2CCCC2)c1.Nc1cccc(S(=O)(=O)N(C[C@@H](O)[C@H](Cc2ccccc2)NC(=O)O[C@H]2CO[C@H]3OCC[C@H]32)OC2CCCC2)c1. The number of rotatable bonds is 23. The minimum absolute atomic E-state index is 0.0351. The molecule has 0 bridgehead atoms. The van der Waals surface area contributed by atoms with Crippen molar-refractivity contribution >= 4 is 43.6 Å². The Labute approximate surface area is 473 Å². The highest BCUT2D eigenvalue weighted by molar-refractivity contribution is 7.89. The summed E-state index contributed by atoms with van der Waals surface area (Å²) in [5.74, 6) is -0.0749. The highest BCUT2D eigenvalue weighted by atomic mass is 32.2. The standard InChI is InChI=1S/C29H39N3O8S.C28H37N3O8S/c1-30-21-10-7-13-23(17-21)41(35,36)32(40-22-11-5-6-12-22)18-26(33)25(16-20-8-3-2-4-9-20)31-29(34)39-27-19-38-28-24(27)14-15-37-28;29-20-9-6-12-22(16-20)40(34,35)31(39-21-10-4-5-11-21)17-25(32)24(15-19-7-2-1-3-8-19)30-28(33)38-26-18-37-27-23(26)13-14-36-27/h2-4,7-10,13,17,22,24-28,30,33H,5-6,11-12,14-16,18-19H2,1H3,(H,31,34);1-3,6-9,12,16,21,23-27,32H,4-5,10-11,13-15,17-18,29H2,(H,30,33)/t24-,25-,26+,27-,28+;23-,24-,25+,26-,27+/m00/s1. The molecule has 4 aromatic rings. The summed E-state index contributed by atoms with van der Waals surface area (Å²) in [7, 11) is -6.61. The number of hydrogen-bond donors (Lipinski definition) is 6. The summed E-state index contributed by atoms with van der Waals surface area (Å²) in [4.78, 5) is 38.0. The van der Waals surface area contributed by atoms with Gasteiger partial charge in [0.05, 0.1) is 97.6 Å². The molecule has 81 heavy (non-hydrogen) atoms. The van der Waals surface area contributed by atoms with Crippen LogP contribution >= 0.6 is 0 Å². The number of fused-ring (bicyclic) bond motifs is 2. The first-order valence-corrected chi connectivity index (χ1v) is 30.9. The summed E-state index contributed by atoms with van der Waals surface area (Å²) in [6, 6.07) is 29.3. The van der Waals surface area contributed by atoms with Crippen LogP contribution in [0.15, 0.2) is 119 Å². The van der Waals surface area contributed by atoms with Gasteiger partial charge in [-0.05, 0) is 98.9 Å². The van der Waals surface area contributed by atoms with E-state index in [0.29, 0.717) is 37.4 Å². The van der Waals surface area contributed by atoms with Gasteiger partial charge in [-0.1, -0.05) is 107 Å². The van der Waals surface area contributed by atoms with Crippen LogP contribution < -0.4 is 21.7 Å². The number of nitrogens with zero attached hydrogens (tertiary/aromatic N) is 2. The van der Waals surface area contributed by atoms with Crippen molar-refractivity contribution in [2.45, 2.75) is 148 Å². The van der Waals surface area contributed by atoms with Crippen molar-refractivity contribution in [3.63, 3.8) is 0 Å². The number of hydroxylamine groups is 2. The molecule has 4 aliphatic heterocycles. The van der Waals surface area contributed by atoms with Crippen molar-refractivity contribution in [3.8, 4) is 0 Å². The molecule has 0 unspecified atom stereocenters. The van der Waals surface area contributed by atoms with Crippen molar-refractivity contribution < 1.29 is 74.7 Å². The molecule has 6 fully saturated rings. The van der Waals surface area contributed by atoms with Crippen molar-refractivity contribution in [3.05, 3.63) is 120 Å². The molecule has 0 spiro atoms. The van der Waals surface area contributed by atoms with E-state index in [4.69, 9.17) is 43.8 Å². The topological polar surface area (TPSA) is 285 Å². The smallest absolute Gasteiger partial charge is 0.407 e.